The minimum Gasteiger partial charge on any atom is -0.490 e. The van der Waals surface area contributed by atoms with Gasteiger partial charge in [0.2, 0.25) is 5.17 Å². The Hall–Kier alpha value is -3.53. The SMILES string of the molecule is CCOc1cc(/C=C2/C(=N)N3C(SCc4ccccc4)=NSC3=NC2=O)ccc1OCc1ccc(Cl)cc1. The number of carbonyl (C=O) groups is 1. The Labute approximate surface area is 234 Å². The number of nitrogens with one attached hydrogen (secondary N) is 1. The van der Waals surface area contributed by atoms with E-state index in [0.29, 0.717) is 51.4 Å². The van der Waals surface area contributed by atoms with Crippen LogP contribution in [0.25, 0.3) is 6.08 Å². The minimum absolute atomic E-state index is 0.0466. The summed E-state index contributed by atoms with van der Waals surface area (Å²) in [4.78, 5) is 18.6. The highest BCUT2D eigenvalue weighted by atomic mass is 35.5. The van der Waals surface area contributed by atoms with Crippen molar-refractivity contribution in [1.82, 2.24) is 4.90 Å². The molecule has 0 spiro atoms. The highest BCUT2D eigenvalue weighted by Gasteiger charge is 2.37. The van der Waals surface area contributed by atoms with Crippen LogP contribution in [0.2, 0.25) is 5.02 Å². The van der Waals surface area contributed by atoms with Crippen LogP contribution >= 0.6 is 35.3 Å². The number of benzene rings is 3. The molecule has 7 nitrogen and oxygen atoms in total. The lowest BCUT2D eigenvalue weighted by molar-refractivity contribution is -0.114. The molecule has 1 N–H and O–H groups in total. The maximum absolute atomic E-state index is 12.8. The summed E-state index contributed by atoms with van der Waals surface area (Å²) in [5.41, 5.74) is 3.00. The topological polar surface area (TPSA) is 87.3 Å². The van der Waals surface area contributed by atoms with E-state index in [0.717, 1.165) is 23.1 Å². The van der Waals surface area contributed by atoms with Crippen LogP contribution < -0.4 is 9.47 Å². The molecule has 2 aliphatic heterocycles. The first-order chi connectivity index (χ1) is 18.5. The number of nitrogens with zero attached hydrogens (tertiary/aromatic N) is 3. The minimum atomic E-state index is -0.473. The Kier molecular flexibility index (Phi) is 8.17. The summed E-state index contributed by atoms with van der Waals surface area (Å²) in [6.45, 7) is 2.70. The summed E-state index contributed by atoms with van der Waals surface area (Å²) in [7, 11) is 0. The molecule has 192 valence electrons. The van der Waals surface area contributed by atoms with E-state index in [4.69, 9.17) is 26.5 Å². The van der Waals surface area contributed by atoms with E-state index in [-0.39, 0.29) is 11.4 Å². The average molecular weight is 563 g/mol. The number of ether oxygens (including phenoxy) is 2. The zero-order valence-corrected chi connectivity index (χ0v) is 22.8. The van der Waals surface area contributed by atoms with Crippen molar-refractivity contribution in [2.24, 2.45) is 9.39 Å². The van der Waals surface area contributed by atoms with Crippen LogP contribution in [-0.2, 0) is 17.2 Å². The number of thioether (sulfide) groups is 1. The fourth-order valence-electron chi connectivity index (χ4n) is 3.73. The summed E-state index contributed by atoms with van der Waals surface area (Å²) in [6.07, 6.45) is 1.65. The molecule has 0 bridgehead atoms. The Morgan fingerprint density at radius 2 is 1.82 bits per heavy atom. The van der Waals surface area contributed by atoms with Crippen LogP contribution in [-0.4, -0.2) is 33.6 Å². The van der Waals surface area contributed by atoms with Gasteiger partial charge in [-0.05, 0) is 54.0 Å². The highest BCUT2D eigenvalue weighted by Crippen LogP contribution is 2.34. The second kappa shape index (κ2) is 11.9. The van der Waals surface area contributed by atoms with E-state index in [2.05, 4.69) is 9.39 Å². The molecule has 0 fully saturated rings. The van der Waals surface area contributed by atoms with Gasteiger partial charge in [0.25, 0.3) is 5.91 Å². The van der Waals surface area contributed by atoms with Crippen molar-refractivity contribution in [1.29, 1.82) is 5.41 Å². The molecule has 1 amide bonds. The molecule has 2 heterocycles. The normalized spacial score (nSPS) is 15.8. The molecule has 0 atom stereocenters. The standard InChI is InChI=1S/C28H23ClN4O3S2/c1-2-35-24-15-20(10-13-23(24)36-16-18-8-11-21(29)12-9-18)14-22-25(30)33-27(31-26(22)34)38-32-28(33)37-17-19-6-4-3-5-7-19/h3-15,30H,2,16-17H2,1H3/b22-14-,30-25?. The number of amidine groups is 3. The first kappa shape index (κ1) is 26.1. The summed E-state index contributed by atoms with van der Waals surface area (Å²) in [5.74, 6) is 1.40. The molecule has 2 aliphatic rings. The van der Waals surface area contributed by atoms with Crippen molar-refractivity contribution in [2.45, 2.75) is 19.3 Å². The van der Waals surface area contributed by atoms with Crippen LogP contribution in [0.15, 0.2) is 87.8 Å². The largest absolute Gasteiger partial charge is 0.490 e. The number of hydrogen-bond donors (Lipinski definition) is 1. The summed E-state index contributed by atoms with van der Waals surface area (Å²) < 4.78 is 16.2. The van der Waals surface area contributed by atoms with Gasteiger partial charge in [0.1, 0.15) is 12.4 Å². The molecule has 0 saturated heterocycles. The fraction of sp³-hybridized carbons (Fsp3) is 0.143. The van der Waals surface area contributed by atoms with Gasteiger partial charge in [-0.3, -0.25) is 10.2 Å². The third-order valence-electron chi connectivity index (χ3n) is 5.59. The van der Waals surface area contributed by atoms with Crippen molar-refractivity contribution >= 4 is 63.5 Å². The molecule has 38 heavy (non-hydrogen) atoms. The van der Waals surface area contributed by atoms with Crippen molar-refractivity contribution in [3.05, 3.63) is 100 Å². The fourth-order valence-corrected chi connectivity index (χ4v) is 5.65. The zero-order valence-electron chi connectivity index (χ0n) is 20.4. The highest BCUT2D eigenvalue weighted by molar-refractivity contribution is 8.18. The van der Waals surface area contributed by atoms with Gasteiger partial charge in [-0.2, -0.15) is 9.39 Å². The van der Waals surface area contributed by atoms with E-state index < -0.39 is 5.91 Å². The van der Waals surface area contributed by atoms with Crippen LogP contribution in [0.4, 0.5) is 0 Å². The van der Waals surface area contributed by atoms with Crippen LogP contribution in [0.3, 0.4) is 0 Å². The Bertz CT molecular complexity index is 1460. The smallest absolute Gasteiger partial charge is 0.283 e. The van der Waals surface area contributed by atoms with E-state index >= 15 is 0 Å². The summed E-state index contributed by atoms with van der Waals surface area (Å²) >= 11 is 8.58. The molecule has 10 heteroatoms. The first-order valence-electron chi connectivity index (χ1n) is 11.8. The van der Waals surface area contributed by atoms with Gasteiger partial charge in [0, 0.05) is 10.8 Å². The van der Waals surface area contributed by atoms with Gasteiger partial charge in [-0.25, -0.2) is 4.90 Å². The number of halogens is 1. The van der Waals surface area contributed by atoms with Crippen molar-refractivity contribution in [3.8, 4) is 11.5 Å². The van der Waals surface area contributed by atoms with Gasteiger partial charge in [0.05, 0.1) is 24.1 Å². The lowest BCUT2D eigenvalue weighted by Gasteiger charge is -2.24. The molecule has 5 rings (SSSR count). The number of hydrogen-bond acceptors (Lipinski definition) is 7. The molecule has 0 aliphatic carbocycles. The average Bonchev–Trinajstić information content (AvgIpc) is 3.33. The number of rotatable bonds is 8. The Morgan fingerprint density at radius 1 is 1.03 bits per heavy atom. The zero-order chi connectivity index (χ0) is 26.5. The molecule has 3 aromatic carbocycles. The van der Waals surface area contributed by atoms with Crippen LogP contribution in [0.1, 0.15) is 23.6 Å². The van der Waals surface area contributed by atoms with Gasteiger partial charge in [-0.15, -0.1) is 0 Å². The van der Waals surface area contributed by atoms with Crippen molar-refractivity contribution < 1.29 is 14.3 Å². The summed E-state index contributed by atoms with van der Waals surface area (Å²) in [5, 5.41) is 10.5. The lowest BCUT2D eigenvalue weighted by Crippen LogP contribution is -2.41. The van der Waals surface area contributed by atoms with Crippen LogP contribution in [0.5, 0.6) is 11.5 Å². The maximum Gasteiger partial charge on any atom is 0.283 e. The van der Waals surface area contributed by atoms with Gasteiger partial charge in [-0.1, -0.05) is 71.9 Å². The number of amides is 1. The molecule has 0 aromatic heterocycles. The Balaban J connectivity index is 1.34. The van der Waals surface area contributed by atoms with Gasteiger partial charge in [0.15, 0.2) is 16.7 Å². The molecular formula is C28H23ClN4O3S2. The first-order valence-corrected chi connectivity index (χ1v) is 13.9. The van der Waals surface area contributed by atoms with E-state index in [1.54, 1.807) is 23.1 Å². The van der Waals surface area contributed by atoms with Crippen molar-refractivity contribution in [3.63, 3.8) is 0 Å². The van der Waals surface area contributed by atoms with E-state index in [1.165, 1.54) is 11.8 Å². The maximum atomic E-state index is 12.8. The molecule has 0 unspecified atom stereocenters. The number of aliphatic imine (C=N–C) groups is 1. The number of carbonyl (C=O) groups excluding carboxylic acids is 1. The summed E-state index contributed by atoms with van der Waals surface area (Å²) in [6, 6.07) is 22.9. The van der Waals surface area contributed by atoms with Crippen LogP contribution in [0, 0.1) is 5.41 Å². The molecular weight excluding hydrogens is 540 g/mol. The van der Waals surface area contributed by atoms with Gasteiger partial charge < -0.3 is 9.47 Å². The van der Waals surface area contributed by atoms with E-state index in [9.17, 15) is 4.79 Å². The predicted molar refractivity (Wildman–Crippen MR) is 156 cm³/mol. The van der Waals surface area contributed by atoms with Crippen molar-refractivity contribution in [2.75, 3.05) is 6.61 Å². The van der Waals surface area contributed by atoms with Gasteiger partial charge >= 0.3 is 0 Å². The predicted octanol–water partition coefficient (Wildman–Crippen LogP) is 6.83. The Morgan fingerprint density at radius 3 is 2.58 bits per heavy atom. The van der Waals surface area contributed by atoms with E-state index in [1.807, 2.05) is 67.6 Å². The number of fused-ring (bicyclic) bond motifs is 1. The quantitative estimate of drug-likeness (QED) is 0.239. The molecule has 0 radical (unpaired) electrons. The third kappa shape index (κ3) is 5.96. The monoisotopic (exact) mass is 562 g/mol. The second-order valence-corrected chi connectivity index (χ2v) is 10.3. The molecule has 0 saturated carbocycles. The third-order valence-corrected chi connectivity index (χ3v) is 7.67. The lowest BCUT2D eigenvalue weighted by atomic mass is 10.1. The molecule has 3 aromatic rings. The second-order valence-electron chi connectivity index (χ2n) is 8.24.